The Balaban J connectivity index is 1.24. The van der Waals surface area contributed by atoms with Crippen molar-refractivity contribution >= 4 is 34.4 Å². The second-order valence-corrected chi connectivity index (χ2v) is 10.5. The van der Waals surface area contributed by atoms with Crippen molar-refractivity contribution in [2.24, 2.45) is 0 Å². The number of fused-ring (bicyclic) bond motifs is 4. The number of imide groups is 1. The van der Waals surface area contributed by atoms with Crippen molar-refractivity contribution in [1.82, 2.24) is 15.2 Å². The van der Waals surface area contributed by atoms with Crippen LogP contribution in [0.5, 0.6) is 5.75 Å². The van der Waals surface area contributed by atoms with Crippen molar-refractivity contribution in [3.8, 4) is 5.75 Å². The Morgan fingerprint density at radius 3 is 2.40 bits per heavy atom. The van der Waals surface area contributed by atoms with E-state index in [2.05, 4.69) is 10.3 Å². The van der Waals surface area contributed by atoms with Gasteiger partial charge in [0.25, 0.3) is 11.8 Å². The third-order valence-corrected chi connectivity index (χ3v) is 8.17. The fourth-order valence-electron chi connectivity index (χ4n) is 6.16. The van der Waals surface area contributed by atoms with Crippen LogP contribution in [-0.4, -0.2) is 40.9 Å². The molecule has 5 aromatic rings. The first kappa shape index (κ1) is 25.6. The maximum absolute atomic E-state index is 14.2. The summed E-state index contributed by atoms with van der Waals surface area (Å²) >= 11 is 0. The van der Waals surface area contributed by atoms with E-state index in [9.17, 15) is 14.4 Å². The lowest BCUT2D eigenvalue weighted by Gasteiger charge is -2.36. The van der Waals surface area contributed by atoms with Gasteiger partial charge in [-0.15, -0.1) is 0 Å². The van der Waals surface area contributed by atoms with Gasteiger partial charge in [0.1, 0.15) is 17.8 Å². The summed E-state index contributed by atoms with van der Waals surface area (Å²) in [5.74, 6) is 0.0147. The molecule has 3 heterocycles. The van der Waals surface area contributed by atoms with Gasteiger partial charge < -0.3 is 15.0 Å². The van der Waals surface area contributed by atoms with E-state index in [1.807, 2.05) is 78.9 Å². The molecule has 1 aromatic heterocycles. The molecule has 8 nitrogen and oxygen atoms in total. The van der Waals surface area contributed by atoms with Gasteiger partial charge in [-0.2, -0.15) is 0 Å². The molecule has 42 heavy (non-hydrogen) atoms. The van der Waals surface area contributed by atoms with Gasteiger partial charge in [-0.3, -0.25) is 14.5 Å². The van der Waals surface area contributed by atoms with Gasteiger partial charge in [-0.25, -0.2) is 9.69 Å². The van der Waals surface area contributed by atoms with E-state index in [1.165, 1.54) is 4.90 Å². The fourth-order valence-corrected chi connectivity index (χ4v) is 6.16. The van der Waals surface area contributed by atoms with Gasteiger partial charge in [-0.05, 0) is 47.0 Å². The number of aromatic amines is 1. The zero-order valence-corrected chi connectivity index (χ0v) is 22.9. The quantitative estimate of drug-likeness (QED) is 0.267. The third kappa shape index (κ3) is 4.11. The van der Waals surface area contributed by atoms with E-state index in [1.54, 1.807) is 36.3 Å². The summed E-state index contributed by atoms with van der Waals surface area (Å²) in [6.07, 6.45) is 0.385. The van der Waals surface area contributed by atoms with Crippen LogP contribution < -0.4 is 15.0 Å². The molecular weight excluding hydrogens is 528 g/mol. The van der Waals surface area contributed by atoms with Crippen molar-refractivity contribution in [2.45, 2.75) is 25.0 Å². The van der Waals surface area contributed by atoms with Crippen LogP contribution in [0, 0.1) is 0 Å². The molecule has 8 heteroatoms. The molecule has 2 aliphatic rings. The second kappa shape index (κ2) is 10.2. The number of urea groups is 1. The standard InChI is InChI=1S/C34H28N4O4/c1-42-23-17-15-21(16-18-23)20-35-32(39)25-12-6-8-14-28(25)38-33(40)29-19-26-24-11-5-7-13-27(24)36-30(26)31(37(29)34(38)41)22-9-3-2-4-10-22/h2-18,29,31,36H,19-20H2,1H3,(H,35,39)/t29-,31-/m0/s1. The van der Waals surface area contributed by atoms with Crippen LogP contribution >= 0.6 is 0 Å². The molecule has 2 N–H and O–H groups in total. The maximum atomic E-state index is 14.2. The molecule has 7 rings (SSSR count). The molecule has 4 amide bonds. The van der Waals surface area contributed by atoms with Gasteiger partial charge in [0.05, 0.1) is 18.4 Å². The molecular formula is C34H28N4O4. The summed E-state index contributed by atoms with van der Waals surface area (Å²) in [6, 6.07) is 30.3. The van der Waals surface area contributed by atoms with Crippen molar-refractivity contribution in [3.05, 3.63) is 131 Å². The molecule has 1 saturated heterocycles. The minimum atomic E-state index is -0.704. The Bertz CT molecular complexity index is 1830. The Morgan fingerprint density at radius 2 is 1.62 bits per heavy atom. The number of hydrogen-bond acceptors (Lipinski definition) is 4. The number of methoxy groups -OCH3 is 1. The van der Waals surface area contributed by atoms with Gasteiger partial charge in [-0.1, -0.05) is 72.8 Å². The number of para-hydroxylation sites is 2. The van der Waals surface area contributed by atoms with Crippen LogP contribution in [-0.2, 0) is 17.8 Å². The molecule has 2 aliphatic heterocycles. The van der Waals surface area contributed by atoms with Crippen LogP contribution in [0.1, 0.15) is 38.8 Å². The highest BCUT2D eigenvalue weighted by Crippen LogP contribution is 2.45. The maximum Gasteiger partial charge on any atom is 0.332 e. The van der Waals surface area contributed by atoms with E-state index >= 15 is 0 Å². The van der Waals surface area contributed by atoms with Crippen molar-refractivity contribution < 1.29 is 19.1 Å². The molecule has 208 valence electrons. The molecule has 0 unspecified atom stereocenters. The first-order valence-electron chi connectivity index (χ1n) is 13.9. The largest absolute Gasteiger partial charge is 0.497 e. The number of nitrogens with one attached hydrogen (secondary N) is 2. The fraction of sp³-hybridized carbons (Fsp3) is 0.147. The number of carbonyl (C=O) groups is 3. The first-order valence-corrected chi connectivity index (χ1v) is 13.9. The zero-order valence-electron chi connectivity index (χ0n) is 22.9. The van der Waals surface area contributed by atoms with Crippen LogP contribution in [0.25, 0.3) is 10.9 Å². The molecule has 4 aromatic carbocycles. The highest BCUT2D eigenvalue weighted by Gasteiger charge is 2.53. The minimum absolute atomic E-state index is 0.257. The number of hydrogen-bond donors (Lipinski definition) is 2. The predicted octanol–water partition coefficient (Wildman–Crippen LogP) is 5.59. The number of rotatable bonds is 6. The van der Waals surface area contributed by atoms with Gasteiger partial charge in [0, 0.05) is 29.6 Å². The van der Waals surface area contributed by atoms with Crippen molar-refractivity contribution in [3.63, 3.8) is 0 Å². The number of ether oxygens (including phenoxy) is 1. The van der Waals surface area contributed by atoms with Crippen molar-refractivity contribution in [1.29, 1.82) is 0 Å². The van der Waals surface area contributed by atoms with Crippen LogP contribution in [0.4, 0.5) is 10.5 Å². The van der Waals surface area contributed by atoms with E-state index in [0.717, 1.165) is 39.0 Å². The molecule has 1 fully saturated rings. The number of benzene rings is 4. The average Bonchev–Trinajstić information content (AvgIpc) is 3.53. The number of carbonyl (C=O) groups excluding carboxylic acids is 3. The molecule has 0 bridgehead atoms. The Labute approximate surface area is 242 Å². The monoisotopic (exact) mass is 556 g/mol. The van der Waals surface area contributed by atoms with E-state index in [-0.39, 0.29) is 29.6 Å². The molecule has 0 radical (unpaired) electrons. The molecule has 0 aliphatic carbocycles. The highest BCUT2D eigenvalue weighted by atomic mass is 16.5. The van der Waals surface area contributed by atoms with Crippen molar-refractivity contribution in [2.75, 3.05) is 12.0 Å². The number of anilines is 1. The molecule has 2 atom stereocenters. The molecule has 0 spiro atoms. The van der Waals surface area contributed by atoms with Crippen LogP contribution in [0.3, 0.4) is 0 Å². The lowest BCUT2D eigenvalue weighted by Crippen LogP contribution is -2.44. The summed E-state index contributed by atoms with van der Waals surface area (Å²) in [4.78, 5) is 48.2. The van der Waals surface area contributed by atoms with E-state index < -0.39 is 18.1 Å². The summed E-state index contributed by atoms with van der Waals surface area (Å²) in [7, 11) is 1.60. The summed E-state index contributed by atoms with van der Waals surface area (Å²) < 4.78 is 5.21. The highest BCUT2D eigenvalue weighted by molar-refractivity contribution is 6.24. The zero-order chi connectivity index (χ0) is 28.8. The lowest BCUT2D eigenvalue weighted by molar-refractivity contribution is -0.120. The molecule has 0 saturated carbocycles. The van der Waals surface area contributed by atoms with E-state index in [4.69, 9.17) is 4.74 Å². The SMILES string of the molecule is COc1ccc(CNC(=O)c2ccccc2N2C(=O)[C@@H]3Cc4c([nH]c5ccccc45)[C@H](c4ccccc4)N3C2=O)cc1. The Kier molecular flexibility index (Phi) is 6.23. The smallest absolute Gasteiger partial charge is 0.332 e. The van der Waals surface area contributed by atoms with Gasteiger partial charge in [0.2, 0.25) is 0 Å². The van der Waals surface area contributed by atoms with Crippen LogP contribution in [0.15, 0.2) is 103 Å². The topological polar surface area (TPSA) is 94.7 Å². The Morgan fingerprint density at radius 1 is 0.905 bits per heavy atom. The normalized spacial score (nSPS) is 17.7. The second-order valence-electron chi connectivity index (χ2n) is 10.5. The number of aromatic nitrogens is 1. The lowest BCUT2D eigenvalue weighted by atomic mass is 9.89. The van der Waals surface area contributed by atoms with E-state index in [0.29, 0.717) is 6.42 Å². The number of nitrogens with zero attached hydrogens (tertiary/aromatic N) is 2. The summed E-state index contributed by atoms with van der Waals surface area (Å²) in [6.45, 7) is 0.283. The Hall–Kier alpha value is -5.37. The van der Waals surface area contributed by atoms with Gasteiger partial charge in [0.15, 0.2) is 0 Å². The van der Waals surface area contributed by atoms with Crippen LogP contribution in [0.2, 0.25) is 0 Å². The summed E-state index contributed by atoms with van der Waals surface area (Å²) in [5.41, 5.74) is 5.25. The average molecular weight is 557 g/mol. The predicted molar refractivity (Wildman–Crippen MR) is 159 cm³/mol. The third-order valence-electron chi connectivity index (χ3n) is 8.17. The number of H-pyrrole nitrogens is 1. The minimum Gasteiger partial charge on any atom is -0.497 e. The number of amides is 4. The van der Waals surface area contributed by atoms with Gasteiger partial charge >= 0.3 is 6.03 Å². The first-order chi connectivity index (χ1) is 20.5. The summed E-state index contributed by atoms with van der Waals surface area (Å²) in [5, 5.41) is 3.97.